The Hall–Kier alpha value is -0.840. The summed E-state index contributed by atoms with van der Waals surface area (Å²) in [5.74, 6) is 0.439. The predicted octanol–water partition coefficient (Wildman–Crippen LogP) is 0.0534. The fraction of sp³-hybridized carbons (Fsp3) is 0.556. The zero-order valence-corrected chi connectivity index (χ0v) is 14.4. The molecule has 21 heavy (non-hydrogen) atoms. The van der Waals surface area contributed by atoms with Crippen molar-refractivity contribution in [2.45, 2.75) is 12.8 Å². The van der Waals surface area contributed by atoms with Crippen LogP contribution in [0.1, 0.15) is 12.8 Å². The van der Waals surface area contributed by atoms with Gasteiger partial charge in [-0.05, 0) is 0 Å². The summed E-state index contributed by atoms with van der Waals surface area (Å²) in [5, 5.41) is 18.9. The molecule has 0 bridgehead atoms. The van der Waals surface area contributed by atoms with Crippen molar-refractivity contribution in [3.05, 3.63) is 0 Å². The molecule has 0 aliphatic heterocycles. The highest BCUT2D eigenvalue weighted by atomic mass is 35.5. The number of thioether (sulfide) groups is 2. The number of carbonyl (C=O) groups is 2. The van der Waals surface area contributed by atoms with Crippen LogP contribution in [0.4, 0.5) is 0 Å². The quantitative estimate of drug-likeness (QED) is 0.199. The van der Waals surface area contributed by atoms with Crippen molar-refractivity contribution in [2.75, 3.05) is 18.2 Å². The van der Waals surface area contributed by atoms with Crippen LogP contribution in [0.15, 0.2) is 0 Å². The summed E-state index contributed by atoms with van der Waals surface area (Å²) in [5.41, 5.74) is 10.2. The van der Waals surface area contributed by atoms with Gasteiger partial charge in [-0.1, -0.05) is 23.5 Å². The van der Waals surface area contributed by atoms with Gasteiger partial charge >= 0.3 is 0 Å². The second-order valence-corrected chi connectivity index (χ2v) is 5.58. The van der Waals surface area contributed by atoms with Gasteiger partial charge in [0, 0.05) is 24.3 Å². The van der Waals surface area contributed by atoms with Crippen LogP contribution in [-0.2, 0) is 9.59 Å². The van der Waals surface area contributed by atoms with Crippen LogP contribution in [0.5, 0.6) is 0 Å². The van der Waals surface area contributed by atoms with Crippen molar-refractivity contribution in [2.24, 2.45) is 11.5 Å². The molecule has 8 nitrogen and oxygen atoms in total. The van der Waals surface area contributed by atoms with E-state index < -0.39 is 0 Å². The van der Waals surface area contributed by atoms with Gasteiger partial charge in [-0.25, -0.2) is 0 Å². The molecular formula is C9H20Cl2N6O2S2. The Labute approximate surface area is 144 Å². The Kier molecular flexibility index (Phi) is 18.6. The number of halogens is 2. The highest BCUT2D eigenvalue weighted by Crippen LogP contribution is 2.00. The van der Waals surface area contributed by atoms with Crippen LogP contribution in [0.25, 0.3) is 0 Å². The maximum Gasteiger partial charge on any atom is 0.222 e. The lowest BCUT2D eigenvalue weighted by Gasteiger charge is -2.07. The van der Waals surface area contributed by atoms with E-state index in [0.29, 0.717) is 11.5 Å². The van der Waals surface area contributed by atoms with Gasteiger partial charge in [-0.3, -0.25) is 20.4 Å². The number of nitrogens with one attached hydrogen (secondary N) is 4. The molecule has 0 spiro atoms. The summed E-state index contributed by atoms with van der Waals surface area (Å²) in [6.07, 6.45) is 0.473. The summed E-state index contributed by atoms with van der Waals surface area (Å²) in [6, 6.07) is 0. The molecule has 0 radical (unpaired) electrons. The summed E-state index contributed by atoms with van der Waals surface area (Å²) in [4.78, 5) is 22.5. The number of rotatable bonds is 8. The standard InChI is InChI=1S/C9H18N6O2S2.2ClH/c10-8(11)18-3-1-6(16)14-5-15-7(17)2-4-19-9(12)13;;/h1-5H2,(H3,10,11)(H3,12,13)(H,14,16)(H,15,17);2*1H. The molecule has 0 aliphatic rings. The molecule has 124 valence electrons. The molecule has 12 heteroatoms. The molecule has 0 atom stereocenters. The molecule has 0 saturated heterocycles. The molecule has 0 saturated carbocycles. The third-order valence-electron chi connectivity index (χ3n) is 1.74. The van der Waals surface area contributed by atoms with Crippen molar-refractivity contribution in [1.29, 1.82) is 10.8 Å². The molecule has 0 fully saturated rings. The van der Waals surface area contributed by atoms with Gasteiger partial charge in [-0.15, -0.1) is 24.8 Å². The Morgan fingerprint density at radius 3 is 1.48 bits per heavy atom. The van der Waals surface area contributed by atoms with E-state index >= 15 is 0 Å². The molecule has 0 heterocycles. The fourth-order valence-corrected chi connectivity index (χ4v) is 1.94. The van der Waals surface area contributed by atoms with Crippen LogP contribution in [0.3, 0.4) is 0 Å². The number of carbonyl (C=O) groups excluding carboxylic acids is 2. The van der Waals surface area contributed by atoms with Gasteiger partial charge in [0.15, 0.2) is 10.3 Å². The van der Waals surface area contributed by atoms with Crippen LogP contribution in [0, 0.1) is 10.8 Å². The monoisotopic (exact) mass is 378 g/mol. The summed E-state index contributed by atoms with van der Waals surface area (Å²) >= 11 is 2.18. The van der Waals surface area contributed by atoms with Crippen molar-refractivity contribution in [3.63, 3.8) is 0 Å². The SMILES string of the molecule is Cl.Cl.N=C(N)SCCC(=O)NCNC(=O)CCSC(=N)N. The van der Waals surface area contributed by atoms with Crippen molar-refractivity contribution in [3.8, 4) is 0 Å². The van der Waals surface area contributed by atoms with E-state index in [9.17, 15) is 9.59 Å². The van der Waals surface area contributed by atoms with Crippen molar-refractivity contribution in [1.82, 2.24) is 10.6 Å². The Morgan fingerprint density at radius 2 is 1.19 bits per heavy atom. The molecular weight excluding hydrogens is 359 g/mol. The second-order valence-electron chi connectivity index (χ2n) is 3.30. The second kappa shape index (κ2) is 15.5. The van der Waals surface area contributed by atoms with Gasteiger partial charge in [0.25, 0.3) is 0 Å². The molecule has 0 rings (SSSR count). The first-order valence-electron chi connectivity index (χ1n) is 5.39. The first kappa shape index (κ1) is 25.1. The first-order chi connectivity index (χ1) is 8.91. The van der Waals surface area contributed by atoms with E-state index in [-0.39, 0.29) is 66.5 Å². The van der Waals surface area contributed by atoms with Crippen LogP contribution in [-0.4, -0.2) is 40.3 Å². The van der Waals surface area contributed by atoms with Crippen LogP contribution >= 0.6 is 48.3 Å². The fourth-order valence-electron chi connectivity index (χ4n) is 0.926. The zero-order valence-electron chi connectivity index (χ0n) is 11.1. The predicted molar refractivity (Wildman–Crippen MR) is 93.6 cm³/mol. The van der Waals surface area contributed by atoms with E-state index in [4.69, 9.17) is 22.3 Å². The smallest absolute Gasteiger partial charge is 0.222 e. The van der Waals surface area contributed by atoms with Gasteiger partial charge in [0.1, 0.15) is 0 Å². The Balaban J connectivity index is -0.00000162. The summed E-state index contributed by atoms with van der Waals surface area (Å²) in [7, 11) is 0. The highest BCUT2D eigenvalue weighted by Gasteiger charge is 2.04. The number of hydrogen-bond donors (Lipinski definition) is 6. The largest absolute Gasteiger partial charge is 0.379 e. The molecule has 0 aromatic heterocycles. The van der Waals surface area contributed by atoms with E-state index in [1.807, 2.05) is 0 Å². The Morgan fingerprint density at radius 1 is 0.857 bits per heavy atom. The molecule has 2 amide bonds. The minimum absolute atomic E-state index is 0. The third-order valence-corrected chi connectivity index (χ3v) is 3.18. The van der Waals surface area contributed by atoms with Crippen LogP contribution in [0.2, 0.25) is 0 Å². The van der Waals surface area contributed by atoms with E-state index in [2.05, 4.69) is 10.6 Å². The zero-order chi connectivity index (χ0) is 14.7. The lowest BCUT2D eigenvalue weighted by molar-refractivity contribution is -0.122. The minimum Gasteiger partial charge on any atom is -0.379 e. The topological polar surface area (TPSA) is 158 Å². The average Bonchev–Trinajstić information content (AvgIpc) is 2.27. The number of hydrogen-bond acceptors (Lipinski definition) is 6. The van der Waals surface area contributed by atoms with Crippen LogP contribution < -0.4 is 22.1 Å². The van der Waals surface area contributed by atoms with E-state index in [0.717, 1.165) is 23.5 Å². The molecule has 0 aromatic carbocycles. The van der Waals surface area contributed by atoms with Gasteiger partial charge in [0.2, 0.25) is 11.8 Å². The normalized spacial score (nSPS) is 8.76. The average molecular weight is 379 g/mol. The first-order valence-corrected chi connectivity index (χ1v) is 7.36. The summed E-state index contributed by atoms with van der Waals surface area (Å²) < 4.78 is 0. The number of amidine groups is 2. The lowest BCUT2D eigenvalue weighted by atomic mass is 10.4. The van der Waals surface area contributed by atoms with Gasteiger partial charge in [-0.2, -0.15) is 0 Å². The molecule has 0 unspecified atom stereocenters. The van der Waals surface area contributed by atoms with Gasteiger partial charge < -0.3 is 22.1 Å². The van der Waals surface area contributed by atoms with Crippen molar-refractivity contribution >= 4 is 70.5 Å². The summed E-state index contributed by atoms with van der Waals surface area (Å²) in [6.45, 7) is 0.0626. The van der Waals surface area contributed by atoms with Gasteiger partial charge in [0.05, 0.1) is 6.67 Å². The molecule has 0 aromatic rings. The Bertz CT molecular complexity index is 327. The maximum absolute atomic E-state index is 11.3. The molecule has 8 N–H and O–H groups in total. The van der Waals surface area contributed by atoms with Crippen molar-refractivity contribution < 1.29 is 9.59 Å². The maximum atomic E-state index is 11.3. The third kappa shape index (κ3) is 19.2. The number of nitrogens with two attached hydrogens (primary N) is 2. The van der Waals surface area contributed by atoms with E-state index in [1.54, 1.807) is 0 Å². The lowest BCUT2D eigenvalue weighted by Crippen LogP contribution is -2.37. The minimum atomic E-state index is -0.216. The highest BCUT2D eigenvalue weighted by molar-refractivity contribution is 8.13. The molecule has 0 aliphatic carbocycles. The van der Waals surface area contributed by atoms with E-state index in [1.165, 1.54) is 0 Å². The number of amides is 2.